The van der Waals surface area contributed by atoms with Gasteiger partial charge in [0.15, 0.2) is 0 Å². The zero-order valence-electron chi connectivity index (χ0n) is 13.8. The number of rotatable bonds is 8. The van der Waals surface area contributed by atoms with E-state index in [1.54, 1.807) is 0 Å². The molecular formula is C14H18Cl2N2O5S2. The van der Waals surface area contributed by atoms with E-state index in [-0.39, 0.29) is 22.6 Å². The fourth-order valence-electron chi connectivity index (χ4n) is 1.63. The highest BCUT2D eigenvalue weighted by atomic mass is 35.5. The van der Waals surface area contributed by atoms with Crippen LogP contribution in [0.5, 0.6) is 5.75 Å². The SMILES string of the molecule is CC(C)Oc1cc(NC(=O)CSCC(=O)NS(C)(=O)=O)c(Cl)cc1Cl. The van der Waals surface area contributed by atoms with Gasteiger partial charge >= 0.3 is 0 Å². The third-order valence-corrected chi connectivity index (χ3v) is 4.56. The van der Waals surface area contributed by atoms with Crippen molar-refractivity contribution >= 4 is 62.5 Å². The van der Waals surface area contributed by atoms with Crippen LogP contribution in [0.15, 0.2) is 12.1 Å². The number of hydrogen-bond acceptors (Lipinski definition) is 6. The van der Waals surface area contributed by atoms with Gasteiger partial charge in [0.05, 0.1) is 39.6 Å². The first kappa shape index (κ1) is 21.9. The Kier molecular flexibility index (Phi) is 8.33. The van der Waals surface area contributed by atoms with Crippen molar-refractivity contribution in [3.63, 3.8) is 0 Å². The van der Waals surface area contributed by atoms with Crippen LogP contribution >= 0.6 is 35.0 Å². The summed E-state index contributed by atoms with van der Waals surface area (Å²) in [5, 5.41) is 3.16. The Hall–Kier alpha value is -1.16. The van der Waals surface area contributed by atoms with Crippen molar-refractivity contribution in [2.24, 2.45) is 0 Å². The molecule has 0 atom stereocenters. The van der Waals surface area contributed by atoms with Gasteiger partial charge in [-0.15, -0.1) is 11.8 Å². The molecule has 140 valence electrons. The smallest absolute Gasteiger partial charge is 0.243 e. The van der Waals surface area contributed by atoms with E-state index in [1.807, 2.05) is 18.6 Å². The van der Waals surface area contributed by atoms with Crippen molar-refractivity contribution in [1.29, 1.82) is 0 Å². The van der Waals surface area contributed by atoms with Crippen LogP contribution in [0.25, 0.3) is 0 Å². The first-order valence-electron chi connectivity index (χ1n) is 7.02. The molecule has 0 aromatic heterocycles. The summed E-state index contributed by atoms with van der Waals surface area (Å²) >= 11 is 13.0. The summed E-state index contributed by atoms with van der Waals surface area (Å²) in [7, 11) is -3.60. The Morgan fingerprint density at radius 1 is 1.16 bits per heavy atom. The summed E-state index contributed by atoms with van der Waals surface area (Å²) in [4.78, 5) is 23.3. The Morgan fingerprint density at radius 3 is 2.32 bits per heavy atom. The number of benzene rings is 1. The quantitative estimate of drug-likeness (QED) is 0.659. The maximum absolute atomic E-state index is 11.9. The number of carbonyl (C=O) groups excluding carboxylic acids is 2. The molecule has 0 aliphatic carbocycles. The molecule has 0 heterocycles. The molecule has 7 nitrogen and oxygen atoms in total. The van der Waals surface area contributed by atoms with Crippen LogP contribution in [0.1, 0.15) is 13.8 Å². The molecule has 0 aliphatic rings. The third-order valence-electron chi connectivity index (χ3n) is 2.42. The fraction of sp³-hybridized carbons (Fsp3) is 0.429. The molecule has 0 unspecified atom stereocenters. The van der Waals surface area contributed by atoms with Gasteiger partial charge in [-0.3, -0.25) is 14.3 Å². The van der Waals surface area contributed by atoms with Gasteiger partial charge in [-0.1, -0.05) is 23.2 Å². The van der Waals surface area contributed by atoms with Gasteiger partial charge in [0.25, 0.3) is 0 Å². The van der Waals surface area contributed by atoms with Crippen LogP contribution in [0.3, 0.4) is 0 Å². The van der Waals surface area contributed by atoms with E-state index < -0.39 is 21.8 Å². The number of thioether (sulfide) groups is 1. The lowest BCUT2D eigenvalue weighted by molar-refractivity contribution is -0.116. The number of hydrogen-bond donors (Lipinski definition) is 2. The van der Waals surface area contributed by atoms with E-state index in [4.69, 9.17) is 27.9 Å². The van der Waals surface area contributed by atoms with Crippen LogP contribution < -0.4 is 14.8 Å². The van der Waals surface area contributed by atoms with Gasteiger partial charge in [0, 0.05) is 6.07 Å². The molecule has 0 aliphatic heterocycles. The Bertz CT molecular complexity index is 754. The highest BCUT2D eigenvalue weighted by Crippen LogP contribution is 2.34. The Balaban J connectivity index is 2.61. The molecular weight excluding hydrogens is 411 g/mol. The van der Waals surface area contributed by atoms with Gasteiger partial charge in [-0.2, -0.15) is 0 Å². The number of nitrogens with one attached hydrogen (secondary N) is 2. The number of amides is 2. The third kappa shape index (κ3) is 8.66. The minimum Gasteiger partial charge on any atom is -0.489 e. The maximum atomic E-state index is 11.9. The second kappa shape index (κ2) is 9.51. The Labute approximate surface area is 160 Å². The van der Waals surface area contributed by atoms with Crippen LogP contribution in [-0.4, -0.2) is 44.1 Å². The molecule has 11 heteroatoms. The average molecular weight is 429 g/mol. The van der Waals surface area contributed by atoms with Gasteiger partial charge in [-0.05, 0) is 19.9 Å². The van der Waals surface area contributed by atoms with Crippen LogP contribution in [0.2, 0.25) is 10.0 Å². The highest BCUT2D eigenvalue weighted by Gasteiger charge is 2.13. The Morgan fingerprint density at radius 2 is 1.76 bits per heavy atom. The van der Waals surface area contributed by atoms with Gasteiger partial charge in [-0.25, -0.2) is 8.42 Å². The minimum atomic E-state index is -3.60. The predicted octanol–water partition coefficient (Wildman–Crippen LogP) is 2.53. The largest absolute Gasteiger partial charge is 0.489 e. The molecule has 2 amide bonds. The van der Waals surface area contributed by atoms with E-state index in [9.17, 15) is 18.0 Å². The van der Waals surface area contributed by atoms with E-state index in [1.165, 1.54) is 12.1 Å². The maximum Gasteiger partial charge on any atom is 0.243 e. The molecule has 0 fully saturated rings. The van der Waals surface area contributed by atoms with E-state index >= 15 is 0 Å². The lowest BCUT2D eigenvalue weighted by Gasteiger charge is -2.14. The minimum absolute atomic E-state index is 0.0590. The van der Waals surface area contributed by atoms with Gasteiger partial charge in [0.2, 0.25) is 21.8 Å². The lowest BCUT2D eigenvalue weighted by Crippen LogP contribution is -2.31. The summed E-state index contributed by atoms with van der Waals surface area (Å²) < 4.78 is 29.1. The van der Waals surface area contributed by atoms with Crippen LogP contribution in [0.4, 0.5) is 5.69 Å². The summed E-state index contributed by atoms with van der Waals surface area (Å²) in [5.41, 5.74) is 0.327. The molecule has 25 heavy (non-hydrogen) atoms. The zero-order chi connectivity index (χ0) is 19.2. The summed E-state index contributed by atoms with van der Waals surface area (Å²) in [6, 6.07) is 2.98. The summed E-state index contributed by atoms with van der Waals surface area (Å²) in [6.07, 6.45) is 0.771. The van der Waals surface area contributed by atoms with Crippen LogP contribution in [0, 0.1) is 0 Å². The summed E-state index contributed by atoms with van der Waals surface area (Å²) in [5.74, 6) is -0.946. The second-order valence-corrected chi connectivity index (χ2v) is 8.82. The summed E-state index contributed by atoms with van der Waals surface area (Å²) in [6.45, 7) is 3.67. The number of anilines is 1. The lowest BCUT2D eigenvalue weighted by atomic mass is 10.3. The number of halogens is 2. The molecule has 1 aromatic rings. The molecule has 2 N–H and O–H groups in total. The van der Waals surface area contributed by atoms with Crippen molar-refractivity contribution < 1.29 is 22.7 Å². The van der Waals surface area contributed by atoms with Crippen molar-refractivity contribution in [1.82, 2.24) is 4.72 Å². The van der Waals surface area contributed by atoms with E-state index in [2.05, 4.69) is 5.32 Å². The average Bonchev–Trinajstić information content (AvgIpc) is 2.41. The molecule has 0 radical (unpaired) electrons. The molecule has 0 spiro atoms. The molecule has 0 bridgehead atoms. The first-order chi connectivity index (χ1) is 11.5. The highest BCUT2D eigenvalue weighted by molar-refractivity contribution is 8.00. The number of carbonyl (C=O) groups is 2. The molecule has 1 rings (SSSR count). The van der Waals surface area contributed by atoms with Crippen molar-refractivity contribution in [3.05, 3.63) is 22.2 Å². The van der Waals surface area contributed by atoms with Crippen LogP contribution in [-0.2, 0) is 19.6 Å². The predicted molar refractivity (Wildman–Crippen MR) is 101 cm³/mol. The van der Waals surface area contributed by atoms with Crippen molar-refractivity contribution in [2.75, 3.05) is 23.1 Å². The van der Waals surface area contributed by atoms with Gasteiger partial charge < -0.3 is 10.1 Å². The zero-order valence-corrected chi connectivity index (χ0v) is 16.9. The fourth-order valence-corrected chi connectivity index (χ4v) is 3.30. The molecule has 0 saturated carbocycles. The standard InChI is InChI=1S/C14H18Cl2N2O5S2/c1-8(2)23-12-5-11(9(15)4-10(12)16)17-13(19)6-24-7-14(20)18-25(3,21)22/h4-5,8H,6-7H2,1-3H3,(H,17,19)(H,18,20). The van der Waals surface area contributed by atoms with E-state index in [0.717, 1.165) is 18.0 Å². The van der Waals surface area contributed by atoms with Crippen molar-refractivity contribution in [2.45, 2.75) is 20.0 Å². The number of ether oxygens (including phenoxy) is 1. The first-order valence-corrected chi connectivity index (χ1v) is 10.8. The second-order valence-electron chi connectivity index (χ2n) is 5.27. The monoisotopic (exact) mass is 428 g/mol. The molecule has 1 aromatic carbocycles. The normalized spacial score (nSPS) is 11.3. The van der Waals surface area contributed by atoms with Gasteiger partial charge in [0.1, 0.15) is 5.75 Å². The molecule has 0 saturated heterocycles. The van der Waals surface area contributed by atoms with E-state index in [0.29, 0.717) is 16.5 Å². The number of sulfonamides is 1. The topological polar surface area (TPSA) is 102 Å². The van der Waals surface area contributed by atoms with Crippen molar-refractivity contribution in [3.8, 4) is 5.75 Å².